The Bertz CT molecular complexity index is 495. The van der Waals surface area contributed by atoms with Crippen LogP contribution in [0.1, 0.15) is 65.2 Å². The molecule has 8 atom stereocenters. The Morgan fingerprint density at radius 2 is 1.83 bits per heavy atom. The lowest BCUT2D eigenvalue weighted by molar-refractivity contribution is -0.163. The zero-order chi connectivity index (χ0) is 15.7. The number of aliphatic hydroxyl groups excluding tert-OH is 1. The van der Waals surface area contributed by atoms with E-state index in [0.29, 0.717) is 29.5 Å². The molecule has 3 nitrogen and oxygen atoms in total. The Labute approximate surface area is 148 Å². The second-order valence-corrected chi connectivity index (χ2v) is 10.1. The molecule has 2 unspecified atom stereocenters. The summed E-state index contributed by atoms with van der Waals surface area (Å²) in [6.07, 6.45) is 9.11. The van der Waals surface area contributed by atoms with E-state index in [9.17, 15) is 9.90 Å². The normalized spacial score (nSPS) is 55.4. The molecule has 0 aromatic rings. The highest BCUT2D eigenvalue weighted by molar-refractivity contribution is 9.10. The monoisotopic (exact) mass is 386 g/mol. The Morgan fingerprint density at radius 3 is 2.57 bits per heavy atom. The molecular formula is C19H31BrO3. The predicted octanol–water partition coefficient (Wildman–Crippen LogP) is 3.51. The van der Waals surface area contributed by atoms with Crippen LogP contribution in [-0.2, 0) is 4.79 Å². The van der Waals surface area contributed by atoms with Crippen molar-refractivity contribution >= 4 is 21.7 Å². The van der Waals surface area contributed by atoms with Crippen molar-refractivity contribution < 1.29 is 15.4 Å². The number of halogens is 1. The number of ketones is 1. The van der Waals surface area contributed by atoms with Gasteiger partial charge in [0.25, 0.3) is 0 Å². The highest BCUT2D eigenvalue weighted by Crippen LogP contribution is 2.65. The first-order valence-electron chi connectivity index (χ1n) is 9.25. The van der Waals surface area contributed by atoms with Gasteiger partial charge in [-0.3, -0.25) is 4.79 Å². The van der Waals surface area contributed by atoms with Gasteiger partial charge in [-0.25, -0.2) is 0 Å². The summed E-state index contributed by atoms with van der Waals surface area (Å²) in [5.74, 6) is 2.98. The topological polar surface area (TPSA) is 68.8 Å². The second kappa shape index (κ2) is 5.81. The third-order valence-corrected chi connectivity index (χ3v) is 9.20. The van der Waals surface area contributed by atoms with Crippen molar-refractivity contribution in [2.75, 3.05) is 0 Å². The van der Waals surface area contributed by atoms with Gasteiger partial charge < -0.3 is 10.6 Å². The average molecular weight is 387 g/mol. The summed E-state index contributed by atoms with van der Waals surface area (Å²) in [4.78, 5) is 12.7. The molecule has 4 aliphatic rings. The molecule has 4 rings (SSSR count). The third kappa shape index (κ3) is 2.23. The zero-order valence-corrected chi connectivity index (χ0v) is 15.9. The molecule has 0 bridgehead atoms. The van der Waals surface area contributed by atoms with Crippen LogP contribution in [0, 0.1) is 34.5 Å². The van der Waals surface area contributed by atoms with Crippen molar-refractivity contribution in [2.24, 2.45) is 34.5 Å². The Hall–Kier alpha value is 0.0700. The van der Waals surface area contributed by atoms with E-state index in [0.717, 1.165) is 25.7 Å². The van der Waals surface area contributed by atoms with Gasteiger partial charge in [-0.05, 0) is 74.0 Å². The van der Waals surface area contributed by atoms with Gasteiger partial charge >= 0.3 is 0 Å². The smallest absolute Gasteiger partial charge is 0.152 e. The van der Waals surface area contributed by atoms with Crippen LogP contribution in [0.3, 0.4) is 0 Å². The molecule has 0 aliphatic heterocycles. The largest absolute Gasteiger partial charge is 0.412 e. The lowest BCUT2D eigenvalue weighted by Crippen LogP contribution is -2.57. The number of carbonyl (C=O) groups excluding carboxylic acids is 1. The molecule has 0 heterocycles. The molecule has 23 heavy (non-hydrogen) atoms. The fraction of sp³-hybridized carbons (Fsp3) is 0.947. The number of carbonyl (C=O) groups is 1. The fourth-order valence-electron chi connectivity index (χ4n) is 7.06. The van der Waals surface area contributed by atoms with E-state index in [1.165, 1.54) is 25.7 Å². The predicted molar refractivity (Wildman–Crippen MR) is 94.5 cm³/mol. The molecule has 0 spiro atoms. The van der Waals surface area contributed by atoms with E-state index < -0.39 is 0 Å². The maximum absolute atomic E-state index is 12.7. The van der Waals surface area contributed by atoms with Crippen LogP contribution in [0.5, 0.6) is 0 Å². The summed E-state index contributed by atoms with van der Waals surface area (Å²) >= 11 is 3.64. The molecule has 4 saturated carbocycles. The molecular weight excluding hydrogens is 356 g/mol. The van der Waals surface area contributed by atoms with E-state index >= 15 is 0 Å². The molecule has 0 aromatic heterocycles. The van der Waals surface area contributed by atoms with Gasteiger partial charge in [0.1, 0.15) is 0 Å². The summed E-state index contributed by atoms with van der Waals surface area (Å²) in [6.45, 7) is 4.60. The van der Waals surface area contributed by atoms with Crippen molar-refractivity contribution in [2.45, 2.75) is 76.1 Å². The van der Waals surface area contributed by atoms with Crippen LogP contribution in [0.2, 0.25) is 0 Å². The molecule has 4 aliphatic carbocycles. The average Bonchev–Trinajstić information content (AvgIpc) is 2.72. The van der Waals surface area contributed by atoms with Gasteiger partial charge in [-0.2, -0.15) is 0 Å². The SMILES string of the molecule is C[C@]12C(O)CCCC1CC[C@@H]1[C@@H]2CC[C@]2(C)C(=O)[C@H](Br)C[C@@H]12.O. The Morgan fingerprint density at radius 1 is 1.09 bits per heavy atom. The minimum absolute atomic E-state index is 0. The van der Waals surface area contributed by atoms with Crippen LogP contribution in [-0.4, -0.2) is 27.3 Å². The Kier molecular flexibility index (Phi) is 4.52. The van der Waals surface area contributed by atoms with E-state index in [2.05, 4.69) is 29.8 Å². The molecule has 0 amide bonds. The molecule has 0 saturated heterocycles. The first-order chi connectivity index (χ1) is 10.4. The molecule has 4 fully saturated rings. The quantitative estimate of drug-likeness (QED) is 0.647. The minimum Gasteiger partial charge on any atom is -0.412 e. The van der Waals surface area contributed by atoms with E-state index in [1.54, 1.807) is 0 Å². The van der Waals surface area contributed by atoms with Crippen LogP contribution in [0.25, 0.3) is 0 Å². The standard InChI is InChI=1S/C19H29BrO2.H2O/c1-18-9-8-13-12(14(18)10-15(20)17(18)22)7-6-11-4-3-5-16(21)19(11,13)2;/h11-16,21H,3-10H2,1-2H3;1H2/t11?,12-,13+,14+,15-,16?,18+,19+;/m1./s1. The third-order valence-electron chi connectivity index (χ3n) is 8.41. The van der Waals surface area contributed by atoms with Crippen molar-refractivity contribution in [3.05, 3.63) is 0 Å². The van der Waals surface area contributed by atoms with Gasteiger partial charge in [-0.15, -0.1) is 0 Å². The number of hydrogen-bond donors (Lipinski definition) is 1. The maximum Gasteiger partial charge on any atom is 0.152 e. The number of aliphatic hydroxyl groups is 1. The van der Waals surface area contributed by atoms with E-state index in [-0.39, 0.29) is 27.2 Å². The number of rotatable bonds is 0. The highest BCUT2D eigenvalue weighted by atomic mass is 79.9. The fourth-order valence-corrected chi connectivity index (χ4v) is 7.99. The number of Topliss-reactive ketones (excluding diaryl/α,β-unsaturated/α-hetero) is 1. The van der Waals surface area contributed by atoms with Crippen LogP contribution < -0.4 is 0 Å². The van der Waals surface area contributed by atoms with Crippen molar-refractivity contribution in [1.29, 1.82) is 0 Å². The van der Waals surface area contributed by atoms with Gasteiger partial charge in [0, 0.05) is 5.41 Å². The number of hydrogen-bond acceptors (Lipinski definition) is 2. The zero-order valence-electron chi connectivity index (χ0n) is 14.4. The summed E-state index contributed by atoms with van der Waals surface area (Å²) < 4.78 is 0. The van der Waals surface area contributed by atoms with Crippen molar-refractivity contribution in [1.82, 2.24) is 0 Å². The van der Waals surface area contributed by atoms with Crippen LogP contribution in [0.15, 0.2) is 0 Å². The van der Waals surface area contributed by atoms with Gasteiger partial charge in [0.05, 0.1) is 10.9 Å². The van der Waals surface area contributed by atoms with Gasteiger partial charge in [-0.1, -0.05) is 36.2 Å². The summed E-state index contributed by atoms with van der Waals surface area (Å²) in [5.41, 5.74) is 0.00803. The summed E-state index contributed by atoms with van der Waals surface area (Å²) in [5, 5.41) is 10.8. The van der Waals surface area contributed by atoms with Crippen LogP contribution in [0.4, 0.5) is 0 Å². The molecule has 0 radical (unpaired) electrons. The summed E-state index contributed by atoms with van der Waals surface area (Å²) in [7, 11) is 0. The highest BCUT2D eigenvalue weighted by Gasteiger charge is 2.63. The van der Waals surface area contributed by atoms with Gasteiger partial charge in [0.15, 0.2) is 5.78 Å². The van der Waals surface area contributed by atoms with E-state index in [4.69, 9.17) is 0 Å². The van der Waals surface area contributed by atoms with E-state index in [1.807, 2.05) is 0 Å². The number of alkyl halides is 1. The van der Waals surface area contributed by atoms with Crippen molar-refractivity contribution in [3.8, 4) is 0 Å². The Balaban J connectivity index is 0.00000156. The van der Waals surface area contributed by atoms with Crippen LogP contribution >= 0.6 is 15.9 Å². The molecule has 132 valence electrons. The lowest BCUT2D eigenvalue weighted by atomic mass is 9.44. The first-order valence-corrected chi connectivity index (χ1v) is 10.2. The maximum atomic E-state index is 12.7. The summed E-state index contributed by atoms with van der Waals surface area (Å²) in [6, 6.07) is 0. The van der Waals surface area contributed by atoms with Crippen molar-refractivity contribution in [3.63, 3.8) is 0 Å². The molecule has 3 N–H and O–H groups in total. The number of fused-ring (bicyclic) bond motifs is 5. The minimum atomic E-state index is -0.125. The molecule has 0 aromatic carbocycles. The van der Waals surface area contributed by atoms with Gasteiger partial charge in [0.2, 0.25) is 0 Å². The first kappa shape index (κ1) is 17.9. The molecule has 4 heteroatoms. The second-order valence-electron chi connectivity index (χ2n) is 8.99. The lowest BCUT2D eigenvalue weighted by Gasteiger charge is -2.60.